The average Bonchev–Trinajstić information content (AvgIpc) is 2.86. The number of benzene rings is 1. The Labute approximate surface area is 257 Å². The van der Waals surface area contributed by atoms with Crippen molar-refractivity contribution in [3.8, 4) is 17.2 Å². The second-order valence-electron chi connectivity index (χ2n) is 14.7. The van der Waals surface area contributed by atoms with Gasteiger partial charge >= 0.3 is 0 Å². The van der Waals surface area contributed by atoms with Gasteiger partial charge in [-0.2, -0.15) is 0 Å². The summed E-state index contributed by atoms with van der Waals surface area (Å²) in [4.78, 5) is 12.5. The lowest BCUT2D eigenvalue weighted by molar-refractivity contribution is -0.166. The van der Waals surface area contributed by atoms with Crippen LogP contribution in [-0.4, -0.2) is 63.3 Å². The first-order chi connectivity index (χ1) is 19.2. The third-order valence-corrected chi connectivity index (χ3v) is 18.5. The van der Waals surface area contributed by atoms with Crippen LogP contribution in [-0.2, 0) is 30.0 Å². The standard InChI is InChI=1S/C32H58O8Si2/c1-20-24(17-33)38-28(21(2)26(20)39-41(13,14)31(4,5)6)25-23(18-37-19-34-10)27(35-11)22(3)29(36-12)30(25)40-42(15,16)32(7,8)9/h17,20-21,24,26,28H,18-19H2,1-16H3/t20-,21+,24+,26-,28+/m0/s1. The van der Waals surface area contributed by atoms with Gasteiger partial charge in [-0.05, 0) is 43.2 Å². The second-order valence-corrected chi connectivity index (χ2v) is 24.2. The molecule has 5 atom stereocenters. The highest BCUT2D eigenvalue weighted by Crippen LogP contribution is 2.54. The lowest BCUT2D eigenvalue weighted by Crippen LogP contribution is -2.54. The van der Waals surface area contributed by atoms with Gasteiger partial charge in [0.2, 0.25) is 0 Å². The van der Waals surface area contributed by atoms with Crippen molar-refractivity contribution in [2.45, 2.75) is 123 Å². The molecule has 0 spiro atoms. The molecule has 1 aromatic carbocycles. The molecule has 0 aliphatic carbocycles. The Bertz CT molecular complexity index is 1070. The van der Waals surface area contributed by atoms with Crippen molar-refractivity contribution in [1.82, 2.24) is 0 Å². The van der Waals surface area contributed by atoms with Crippen molar-refractivity contribution in [1.29, 1.82) is 0 Å². The van der Waals surface area contributed by atoms with Crippen molar-refractivity contribution in [2.75, 3.05) is 28.1 Å². The highest BCUT2D eigenvalue weighted by Gasteiger charge is 2.50. The van der Waals surface area contributed by atoms with Gasteiger partial charge in [0.25, 0.3) is 8.32 Å². The van der Waals surface area contributed by atoms with Gasteiger partial charge in [0.15, 0.2) is 19.8 Å². The Hall–Kier alpha value is -1.44. The van der Waals surface area contributed by atoms with E-state index in [0.717, 1.165) is 23.0 Å². The molecule has 1 aliphatic rings. The first-order valence-electron chi connectivity index (χ1n) is 15.0. The molecule has 242 valence electrons. The molecule has 1 aromatic rings. The predicted molar refractivity (Wildman–Crippen MR) is 173 cm³/mol. The topological polar surface area (TPSA) is 81.7 Å². The SMILES string of the molecule is COCOCc1c(OC)c(C)c(OC)c(O[Si](C)(C)C(C)(C)C)c1[C@@H]1O[C@H](C=O)[C@H](C)[C@H](O[Si](C)(C)C(C)(C)C)[C@H]1C. The molecule has 0 bridgehead atoms. The van der Waals surface area contributed by atoms with E-state index in [0.29, 0.717) is 17.2 Å². The van der Waals surface area contributed by atoms with Gasteiger partial charge in [0.1, 0.15) is 24.9 Å². The van der Waals surface area contributed by atoms with E-state index >= 15 is 0 Å². The van der Waals surface area contributed by atoms with Crippen LogP contribution in [0.25, 0.3) is 0 Å². The average molecular weight is 627 g/mol. The lowest BCUT2D eigenvalue weighted by Gasteiger charge is -2.49. The summed E-state index contributed by atoms with van der Waals surface area (Å²) in [5, 5.41) is -0.0777. The summed E-state index contributed by atoms with van der Waals surface area (Å²) >= 11 is 0. The molecule has 0 aromatic heterocycles. The van der Waals surface area contributed by atoms with Gasteiger partial charge in [-0.1, -0.05) is 55.4 Å². The predicted octanol–water partition coefficient (Wildman–Crippen LogP) is 7.82. The number of hydrogen-bond donors (Lipinski definition) is 0. The van der Waals surface area contributed by atoms with Crippen LogP contribution in [0.3, 0.4) is 0 Å². The van der Waals surface area contributed by atoms with Gasteiger partial charge in [-0.3, -0.25) is 0 Å². The molecule has 0 unspecified atom stereocenters. The van der Waals surface area contributed by atoms with E-state index in [9.17, 15) is 4.79 Å². The quantitative estimate of drug-likeness (QED) is 0.101. The molecular weight excluding hydrogens is 569 g/mol. The minimum Gasteiger partial charge on any atom is -0.541 e. The van der Waals surface area contributed by atoms with Gasteiger partial charge < -0.3 is 37.3 Å². The molecule has 0 amide bonds. The largest absolute Gasteiger partial charge is 0.541 e. The number of carbonyl (C=O) groups excluding carboxylic acids is 1. The third-order valence-electron chi connectivity index (χ3n) is 9.74. The Balaban J connectivity index is 2.95. The third kappa shape index (κ3) is 7.43. The highest BCUT2D eigenvalue weighted by atomic mass is 28.4. The summed E-state index contributed by atoms with van der Waals surface area (Å²) in [5.41, 5.74) is 2.39. The van der Waals surface area contributed by atoms with Crippen LogP contribution in [0.1, 0.15) is 78.2 Å². The van der Waals surface area contributed by atoms with Crippen LogP contribution < -0.4 is 13.9 Å². The fourth-order valence-electron chi connectivity index (χ4n) is 5.06. The number of aldehydes is 1. The Morgan fingerprint density at radius 3 is 1.83 bits per heavy atom. The number of carbonyl (C=O) groups is 1. The van der Waals surface area contributed by atoms with Crippen molar-refractivity contribution in [2.24, 2.45) is 11.8 Å². The number of hydrogen-bond acceptors (Lipinski definition) is 8. The highest BCUT2D eigenvalue weighted by molar-refractivity contribution is 6.75. The zero-order valence-corrected chi connectivity index (χ0v) is 31.1. The minimum absolute atomic E-state index is 0.00295. The van der Waals surface area contributed by atoms with E-state index in [1.165, 1.54) is 0 Å². The van der Waals surface area contributed by atoms with Crippen molar-refractivity contribution in [3.05, 3.63) is 16.7 Å². The van der Waals surface area contributed by atoms with Crippen molar-refractivity contribution < 1.29 is 37.3 Å². The molecule has 1 heterocycles. The summed E-state index contributed by atoms with van der Waals surface area (Å²) < 4.78 is 44.1. The van der Waals surface area contributed by atoms with Crippen LogP contribution >= 0.6 is 0 Å². The lowest BCUT2D eigenvalue weighted by atomic mass is 9.79. The number of rotatable bonds is 12. The number of ether oxygens (including phenoxy) is 5. The zero-order chi connectivity index (χ0) is 32.4. The van der Waals surface area contributed by atoms with Crippen LogP contribution in [0.5, 0.6) is 17.2 Å². The Morgan fingerprint density at radius 1 is 0.833 bits per heavy atom. The summed E-state index contributed by atoms with van der Waals surface area (Å²) in [6, 6.07) is 0. The van der Waals surface area contributed by atoms with Gasteiger partial charge in [-0.15, -0.1) is 0 Å². The summed E-state index contributed by atoms with van der Waals surface area (Å²) in [6.45, 7) is 28.7. The minimum atomic E-state index is -2.38. The van der Waals surface area contributed by atoms with Crippen LogP contribution in [0.15, 0.2) is 0 Å². The molecule has 42 heavy (non-hydrogen) atoms. The number of methoxy groups -OCH3 is 3. The van der Waals surface area contributed by atoms with E-state index in [1.807, 2.05) is 6.92 Å². The van der Waals surface area contributed by atoms with E-state index in [-0.39, 0.29) is 41.4 Å². The molecule has 0 saturated carbocycles. The van der Waals surface area contributed by atoms with E-state index < -0.39 is 28.8 Å². The normalized spacial score (nSPS) is 24.0. The molecule has 8 nitrogen and oxygen atoms in total. The van der Waals surface area contributed by atoms with Gasteiger partial charge in [0.05, 0.1) is 33.0 Å². The molecule has 1 aliphatic heterocycles. The smallest absolute Gasteiger partial charge is 0.250 e. The molecule has 1 fully saturated rings. The molecule has 0 N–H and O–H groups in total. The maximum Gasteiger partial charge on any atom is 0.250 e. The molecule has 0 radical (unpaired) electrons. The Morgan fingerprint density at radius 2 is 1.38 bits per heavy atom. The second kappa shape index (κ2) is 13.7. The summed E-state index contributed by atoms with van der Waals surface area (Å²) in [7, 11) is 0.311. The monoisotopic (exact) mass is 626 g/mol. The zero-order valence-electron chi connectivity index (χ0n) is 29.1. The van der Waals surface area contributed by atoms with Crippen LogP contribution in [0.2, 0.25) is 36.3 Å². The van der Waals surface area contributed by atoms with Crippen molar-refractivity contribution in [3.63, 3.8) is 0 Å². The first kappa shape index (κ1) is 36.8. The van der Waals surface area contributed by atoms with Crippen LogP contribution in [0.4, 0.5) is 0 Å². The maximum absolute atomic E-state index is 12.5. The summed E-state index contributed by atoms with van der Waals surface area (Å²) in [6.07, 6.45) is -0.515. The van der Waals surface area contributed by atoms with Crippen molar-refractivity contribution >= 4 is 22.9 Å². The summed E-state index contributed by atoms with van der Waals surface area (Å²) in [5.74, 6) is 1.61. The molecule has 1 saturated heterocycles. The van der Waals surface area contributed by atoms with Gasteiger partial charge in [-0.25, -0.2) is 0 Å². The molecule has 10 heteroatoms. The fraction of sp³-hybridized carbons (Fsp3) is 0.781. The Kier molecular flexibility index (Phi) is 12.0. The van der Waals surface area contributed by atoms with Crippen LogP contribution in [0, 0.1) is 18.8 Å². The first-order valence-corrected chi connectivity index (χ1v) is 20.8. The maximum atomic E-state index is 12.5. The fourth-order valence-corrected chi connectivity index (χ4v) is 7.54. The molecule has 2 rings (SSSR count). The van der Waals surface area contributed by atoms with E-state index in [4.69, 9.17) is 32.5 Å². The van der Waals surface area contributed by atoms with E-state index in [2.05, 4.69) is 81.6 Å². The van der Waals surface area contributed by atoms with Gasteiger partial charge in [0, 0.05) is 35.6 Å². The van der Waals surface area contributed by atoms with E-state index in [1.54, 1.807) is 21.3 Å². The molecular formula is C32H58O8Si2.